The van der Waals surface area contributed by atoms with Crippen molar-refractivity contribution in [3.63, 3.8) is 0 Å². The summed E-state index contributed by atoms with van der Waals surface area (Å²) in [6, 6.07) is 7.60. The van der Waals surface area contributed by atoms with Crippen molar-refractivity contribution in [2.45, 2.75) is 6.54 Å². The Morgan fingerprint density at radius 1 is 1.62 bits per heavy atom. The van der Waals surface area contributed by atoms with Crippen LogP contribution in [0.5, 0.6) is 0 Å². The van der Waals surface area contributed by atoms with Gasteiger partial charge in [-0.1, -0.05) is 23.7 Å². The molecule has 70 valence electrons. The van der Waals surface area contributed by atoms with Crippen LogP contribution in [-0.4, -0.2) is 13.0 Å². The van der Waals surface area contributed by atoms with E-state index < -0.39 is 0 Å². The van der Waals surface area contributed by atoms with Gasteiger partial charge in [0, 0.05) is 18.6 Å². The number of benzene rings is 1. The number of aliphatic imine (C=N–C) groups is 1. The van der Waals surface area contributed by atoms with Gasteiger partial charge in [0.25, 0.3) is 0 Å². The van der Waals surface area contributed by atoms with Crippen molar-refractivity contribution in [1.29, 1.82) is 0 Å². The predicted molar refractivity (Wildman–Crippen MR) is 55.8 cm³/mol. The fraction of sp³-hybridized carbons (Fsp3) is 0.222. The average molecular weight is 198 g/mol. The first-order valence-electron chi connectivity index (χ1n) is 3.93. The van der Waals surface area contributed by atoms with Gasteiger partial charge >= 0.3 is 0 Å². The molecule has 0 saturated carbocycles. The molecule has 0 aromatic heterocycles. The van der Waals surface area contributed by atoms with E-state index in [9.17, 15) is 0 Å². The Morgan fingerprint density at radius 3 is 3.00 bits per heavy atom. The summed E-state index contributed by atoms with van der Waals surface area (Å²) in [6.45, 7) is 0.643. The summed E-state index contributed by atoms with van der Waals surface area (Å²) < 4.78 is 0. The van der Waals surface area contributed by atoms with E-state index >= 15 is 0 Å². The van der Waals surface area contributed by atoms with E-state index in [1.165, 1.54) is 0 Å². The minimum Gasteiger partial charge on any atom is -0.370 e. The van der Waals surface area contributed by atoms with Crippen molar-refractivity contribution in [2.24, 2.45) is 10.7 Å². The zero-order valence-corrected chi connectivity index (χ0v) is 8.17. The van der Waals surface area contributed by atoms with Crippen molar-refractivity contribution in [1.82, 2.24) is 5.32 Å². The molecule has 0 atom stereocenters. The number of nitrogens with two attached hydrogens (primary N) is 1. The maximum atomic E-state index is 5.80. The number of hydrogen-bond donors (Lipinski definition) is 2. The fourth-order valence-corrected chi connectivity index (χ4v) is 1.13. The van der Waals surface area contributed by atoms with Gasteiger partial charge in [0.2, 0.25) is 0 Å². The maximum Gasteiger partial charge on any atom is 0.188 e. The van der Waals surface area contributed by atoms with Crippen LogP contribution in [0.25, 0.3) is 0 Å². The highest BCUT2D eigenvalue weighted by atomic mass is 35.5. The third kappa shape index (κ3) is 3.34. The molecular weight excluding hydrogens is 186 g/mol. The zero-order chi connectivity index (χ0) is 9.68. The van der Waals surface area contributed by atoms with E-state index in [2.05, 4.69) is 10.3 Å². The number of hydrogen-bond acceptors (Lipinski definition) is 1. The van der Waals surface area contributed by atoms with E-state index in [1.54, 1.807) is 7.05 Å². The summed E-state index contributed by atoms with van der Waals surface area (Å²) in [5.74, 6) is 0.431. The molecule has 0 radical (unpaired) electrons. The van der Waals surface area contributed by atoms with Crippen LogP contribution in [0.1, 0.15) is 5.56 Å². The fourth-order valence-electron chi connectivity index (χ4n) is 0.919. The minimum atomic E-state index is 0.431. The van der Waals surface area contributed by atoms with Crippen LogP contribution in [0.15, 0.2) is 29.3 Å². The molecule has 0 unspecified atom stereocenters. The second kappa shape index (κ2) is 4.72. The van der Waals surface area contributed by atoms with Gasteiger partial charge in [-0.2, -0.15) is 0 Å². The average Bonchev–Trinajstić information content (AvgIpc) is 2.14. The van der Waals surface area contributed by atoms with Gasteiger partial charge in [0.05, 0.1) is 0 Å². The Morgan fingerprint density at radius 2 is 2.38 bits per heavy atom. The van der Waals surface area contributed by atoms with Crippen LogP contribution in [0.4, 0.5) is 0 Å². The van der Waals surface area contributed by atoms with Gasteiger partial charge in [-0.15, -0.1) is 0 Å². The maximum absolute atomic E-state index is 5.80. The lowest BCUT2D eigenvalue weighted by Crippen LogP contribution is -2.30. The summed E-state index contributed by atoms with van der Waals surface area (Å²) in [5.41, 5.74) is 6.55. The number of halogens is 1. The largest absolute Gasteiger partial charge is 0.370 e. The summed E-state index contributed by atoms with van der Waals surface area (Å²) in [6.07, 6.45) is 0. The second-order valence-corrected chi connectivity index (χ2v) is 3.03. The lowest BCUT2D eigenvalue weighted by Gasteiger charge is -2.04. The normalized spacial score (nSPS) is 11.4. The molecule has 1 aromatic rings. The summed E-state index contributed by atoms with van der Waals surface area (Å²) >= 11 is 5.80. The first-order valence-corrected chi connectivity index (χ1v) is 4.30. The SMILES string of the molecule is CN=C(N)NCc1cccc(Cl)c1. The van der Waals surface area contributed by atoms with Crippen LogP contribution >= 0.6 is 11.6 Å². The van der Waals surface area contributed by atoms with Crippen molar-refractivity contribution >= 4 is 17.6 Å². The molecule has 0 aliphatic rings. The zero-order valence-electron chi connectivity index (χ0n) is 7.42. The smallest absolute Gasteiger partial charge is 0.188 e. The Kier molecular flexibility index (Phi) is 3.58. The number of nitrogens with zero attached hydrogens (tertiary/aromatic N) is 1. The van der Waals surface area contributed by atoms with Crippen molar-refractivity contribution in [3.05, 3.63) is 34.9 Å². The van der Waals surface area contributed by atoms with E-state index in [4.69, 9.17) is 17.3 Å². The van der Waals surface area contributed by atoms with Gasteiger partial charge in [0.15, 0.2) is 5.96 Å². The highest BCUT2D eigenvalue weighted by Gasteiger charge is 1.94. The molecule has 0 bridgehead atoms. The Bertz CT molecular complexity index is 309. The molecule has 0 saturated heterocycles. The number of guanidine groups is 1. The van der Waals surface area contributed by atoms with Crippen molar-refractivity contribution < 1.29 is 0 Å². The molecule has 4 heteroatoms. The summed E-state index contributed by atoms with van der Waals surface area (Å²) in [7, 11) is 1.64. The molecule has 3 nitrogen and oxygen atoms in total. The van der Waals surface area contributed by atoms with Crippen LogP contribution in [0, 0.1) is 0 Å². The first kappa shape index (κ1) is 9.86. The topological polar surface area (TPSA) is 50.4 Å². The van der Waals surface area contributed by atoms with Gasteiger partial charge < -0.3 is 11.1 Å². The minimum absolute atomic E-state index is 0.431. The number of rotatable bonds is 2. The lowest BCUT2D eigenvalue weighted by atomic mass is 10.2. The van der Waals surface area contributed by atoms with Gasteiger partial charge in [-0.3, -0.25) is 4.99 Å². The molecule has 1 rings (SSSR count). The van der Waals surface area contributed by atoms with E-state index in [-0.39, 0.29) is 0 Å². The standard InChI is InChI=1S/C9H12ClN3/c1-12-9(11)13-6-7-3-2-4-8(10)5-7/h2-5H,6H2,1H3,(H3,11,12,13). The molecule has 1 aromatic carbocycles. The molecule has 0 amide bonds. The summed E-state index contributed by atoms with van der Waals surface area (Å²) in [4.78, 5) is 3.78. The third-order valence-electron chi connectivity index (χ3n) is 1.60. The second-order valence-electron chi connectivity index (χ2n) is 2.59. The molecule has 0 fully saturated rings. The highest BCUT2D eigenvalue weighted by Crippen LogP contribution is 2.09. The van der Waals surface area contributed by atoms with Crippen LogP contribution in [0.3, 0.4) is 0 Å². The van der Waals surface area contributed by atoms with E-state index in [0.717, 1.165) is 10.6 Å². The first-order chi connectivity index (χ1) is 6.22. The molecule has 13 heavy (non-hydrogen) atoms. The van der Waals surface area contributed by atoms with Gasteiger partial charge in [-0.05, 0) is 17.7 Å². The molecule has 0 aliphatic heterocycles. The van der Waals surface area contributed by atoms with Gasteiger partial charge in [-0.25, -0.2) is 0 Å². The van der Waals surface area contributed by atoms with E-state index in [0.29, 0.717) is 12.5 Å². The molecular formula is C9H12ClN3. The Labute approximate surface area is 82.6 Å². The highest BCUT2D eigenvalue weighted by molar-refractivity contribution is 6.30. The molecule has 0 heterocycles. The lowest BCUT2D eigenvalue weighted by molar-refractivity contribution is 0.901. The Balaban J connectivity index is 2.55. The van der Waals surface area contributed by atoms with Crippen molar-refractivity contribution in [3.8, 4) is 0 Å². The molecule has 3 N–H and O–H groups in total. The van der Waals surface area contributed by atoms with E-state index in [1.807, 2.05) is 24.3 Å². The number of nitrogens with one attached hydrogen (secondary N) is 1. The predicted octanol–water partition coefficient (Wildman–Crippen LogP) is 1.37. The van der Waals surface area contributed by atoms with Crippen molar-refractivity contribution in [2.75, 3.05) is 7.05 Å². The van der Waals surface area contributed by atoms with Crippen LogP contribution < -0.4 is 11.1 Å². The molecule has 0 aliphatic carbocycles. The summed E-state index contributed by atoms with van der Waals surface area (Å²) in [5, 5.41) is 3.67. The molecule has 0 spiro atoms. The van der Waals surface area contributed by atoms with Crippen LogP contribution in [0.2, 0.25) is 5.02 Å². The monoisotopic (exact) mass is 197 g/mol. The Hall–Kier alpha value is -1.22. The third-order valence-corrected chi connectivity index (χ3v) is 1.84. The van der Waals surface area contributed by atoms with Gasteiger partial charge in [0.1, 0.15) is 0 Å². The quantitative estimate of drug-likeness (QED) is 0.556. The van der Waals surface area contributed by atoms with Crippen LogP contribution in [-0.2, 0) is 6.54 Å².